The SMILES string of the molecule is C=C(O)C1CN([C@@H](C)c2ccc(-c3nc4ccc(C5(c6ccccc6)CC5)nc4s3)c(F)c2)C1.C[C@H](c1ccc(-c2nc3ccc(C4(c5ccccc5)CC4)nc3s2)c(F)c1)N1CC(C(=O)O)C1. The number of hydrogen-bond donors (Lipinski definition) is 2. The molecular weight excluding hydrogens is 895 g/mol. The quantitative estimate of drug-likeness (QED) is 0.116. The lowest BCUT2D eigenvalue weighted by molar-refractivity contribution is -0.148. The number of nitrogens with zero attached hydrogens (tertiary/aromatic N) is 6. The van der Waals surface area contributed by atoms with Crippen molar-refractivity contribution >= 4 is 49.3 Å². The molecule has 4 fully saturated rings. The van der Waals surface area contributed by atoms with Crippen molar-refractivity contribution in [2.75, 3.05) is 26.2 Å². The highest BCUT2D eigenvalue weighted by molar-refractivity contribution is 7.21. The molecule has 68 heavy (non-hydrogen) atoms. The van der Waals surface area contributed by atoms with Crippen LogP contribution >= 0.6 is 22.7 Å². The predicted molar refractivity (Wildman–Crippen MR) is 265 cm³/mol. The van der Waals surface area contributed by atoms with Gasteiger partial charge in [-0.2, -0.15) is 0 Å². The summed E-state index contributed by atoms with van der Waals surface area (Å²) in [7, 11) is 0. The molecule has 2 aliphatic heterocycles. The minimum atomic E-state index is -0.769. The maximum absolute atomic E-state index is 15.2. The van der Waals surface area contributed by atoms with Gasteiger partial charge in [-0.15, -0.1) is 0 Å². The van der Waals surface area contributed by atoms with Crippen LogP contribution in [-0.2, 0) is 15.6 Å². The molecule has 2 aliphatic carbocycles. The predicted octanol–water partition coefficient (Wildman–Crippen LogP) is 12.3. The molecule has 0 unspecified atom stereocenters. The van der Waals surface area contributed by atoms with E-state index in [0.717, 1.165) is 82.0 Å². The van der Waals surface area contributed by atoms with Crippen molar-refractivity contribution < 1.29 is 23.8 Å². The summed E-state index contributed by atoms with van der Waals surface area (Å²) in [4.78, 5) is 36.3. The van der Waals surface area contributed by atoms with Crippen LogP contribution in [-0.4, -0.2) is 72.1 Å². The van der Waals surface area contributed by atoms with Crippen molar-refractivity contribution in [3.63, 3.8) is 0 Å². The number of hydrogen-bond acceptors (Lipinski definition) is 10. The highest BCUT2D eigenvalue weighted by atomic mass is 32.1. The number of fused-ring (bicyclic) bond motifs is 2. The zero-order valence-corrected chi connectivity index (χ0v) is 39.4. The Bertz CT molecular complexity index is 3000. The summed E-state index contributed by atoms with van der Waals surface area (Å²) in [6.07, 6.45) is 4.36. The van der Waals surface area contributed by atoms with Gasteiger partial charge in [0.1, 0.15) is 42.3 Å². The van der Waals surface area contributed by atoms with E-state index >= 15 is 8.78 Å². The largest absolute Gasteiger partial charge is 0.513 e. The zero-order chi connectivity index (χ0) is 46.9. The summed E-state index contributed by atoms with van der Waals surface area (Å²) in [5, 5.41) is 19.9. The Kier molecular flexibility index (Phi) is 11.3. The molecule has 4 aromatic carbocycles. The molecule has 12 rings (SSSR count). The number of pyridine rings is 2. The molecule has 2 N–H and O–H groups in total. The number of aliphatic hydroxyl groups is 1. The summed E-state index contributed by atoms with van der Waals surface area (Å²) in [6, 6.07) is 39.9. The highest BCUT2D eigenvalue weighted by Gasteiger charge is 2.48. The van der Waals surface area contributed by atoms with Crippen molar-refractivity contribution in [2.45, 2.75) is 62.4 Å². The van der Waals surface area contributed by atoms with Gasteiger partial charge in [0, 0.05) is 66.1 Å². The number of likely N-dealkylation sites (tertiary alicyclic amines) is 2. The summed E-state index contributed by atoms with van der Waals surface area (Å²) in [6.45, 7) is 10.1. The zero-order valence-electron chi connectivity index (χ0n) is 37.8. The standard InChI is InChI=1S/C28H26FN3OS.C27H24FN3O2S/c1-17(32-15-20(16-32)18(2)33)19-8-9-22(23(29)14-19)26-30-24-10-11-25(31-27(24)34-26)28(12-13-28)21-6-4-3-5-7-21;1-16(31-14-18(15-31)26(32)33)17-7-8-20(21(28)13-17)24-29-22-9-10-23(30-25(22)34-24)27(11-12-27)19-5-3-2-4-6-19/h3-11,14,17,20,33H,2,12-13,15-16H2,1H3;2-10,13,16,18H,11-12,14-15H2,1H3,(H,32,33)/t17-;16-/m01/s1. The fourth-order valence-electron chi connectivity index (χ4n) is 9.92. The average molecular weight is 945 g/mol. The van der Waals surface area contributed by atoms with Gasteiger partial charge in [0.05, 0.1) is 23.1 Å². The number of aromatic nitrogens is 4. The van der Waals surface area contributed by atoms with Gasteiger partial charge in [0.2, 0.25) is 0 Å². The van der Waals surface area contributed by atoms with Gasteiger partial charge in [-0.05, 0) is 110 Å². The lowest BCUT2D eigenvalue weighted by Crippen LogP contribution is -2.51. The monoisotopic (exact) mass is 944 g/mol. The normalized spacial score (nSPS) is 18.5. The van der Waals surface area contributed by atoms with E-state index in [9.17, 15) is 9.90 Å². The number of benzene rings is 4. The fraction of sp³-hybridized carbons (Fsp3) is 0.291. The molecule has 2 atom stereocenters. The lowest BCUT2D eigenvalue weighted by atomic mass is 9.92. The van der Waals surface area contributed by atoms with E-state index < -0.39 is 5.97 Å². The molecule has 0 radical (unpaired) electrons. The number of rotatable bonds is 12. The van der Waals surface area contributed by atoms with Crippen molar-refractivity contribution in [3.8, 4) is 21.1 Å². The number of thiazole rings is 2. The fourth-order valence-corrected chi connectivity index (χ4v) is 11.9. The Morgan fingerprint density at radius 2 is 1.01 bits per heavy atom. The first-order valence-corrected chi connectivity index (χ1v) is 24.9. The summed E-state index contributed by atoms with van der Waals surface area (Å²) in [5.74, 6) is -1.34. The van der Waals surface area contributed by atoms with Crippen LogP contribution in [0.15, 0.2) is 134 Å². The molecule has 344 valence electrons. The Morgan fingerprint density at radius 1 is 0.603 bits per heavy atom. The minimum absolute atomic E-state index is 0.000888. The van der Waals surface area contributed by atoms with Crippen molar-refractivity contribution in [1.29, 1.82) is 0 Å². The van der Waals surface area contributed by atoms with E-state index in [4.69, 9.17) is 20.1 Å². The second-order valence-corrected chi connectivity index (χ2v) is 20.9. The average Bonchev–Trinajstić information content (AvgIpc) is 4.22. The Hall–Kier alpha value is -6.25. The van der Waals surface area contributed by atoms with Gasteiger partial charge in [0.15, 0.2) is 0 Å². The van der Waals surface area contributed by atoms with Crippen molar-refractivity contribution in [3.05, 3.63) is 179 Å². The third kappa shape index (κ3) is 8.08. The molecule has 9 nitrogen and oxygen atoms in total. The molecule has 4 aliphatic rings. The van der Waals surface area contributed by atoms with Crippen molar-refractivity contribution in [1.82, 2.24) is 29.7 Å². The Labute approximate surface area is 401 Å². The van der Waals surface area contributed by atoms with Gasteiger partial charge in [-0.3, -0.25) is 14.6 Å². The molecule has 4 aromatic heterocycles. The van der Waals surface area contributed by atoms with Gasteiger partial charge < -0.3 is 10.2 Å². The van der Waals surface area contributed by atoms with Crippen LogP contribution in [0.25, 0.3) is 41.8 Å². The number of aliphatic hydroxyl groups excluding tert-OH is 1. The van der Waals surface area contributed by atoms with Crippen LogP contribution in [0, 0.1) is 23.5 Å². The van der Waals surface area contributed by atoms with Gasteiger partial charge >= 0.3 is 5.97 Å². The summed E-state index contributed by atoms with van der Waals surface area (Å²) < 4.78 is 30.3. The highest BCUT2D eigenvalue weighted by Crippen LogP contribution is 2.54. The second-order valence-electron chi connectivity index (χ2n) is 18.9. The van der Waals surface area contributed by atoms with E-state index in [0.29, 0.717) is 34.2 Å². The van der Waals surface area contributed by atoms with Crippen LogP contribution in [0.2, 0.25) is 0 Å². The van der Waals surface area contributed by atoms with Crippen LogP contribution in [0.4, 0.5) is 8.78 Å². The van der Waals surface area contributed by atoms with Gasteiger partial charge in [-0.1, -0.05) is 102 Å². The first-order chi connectivity index (χ1) is 32.9. The van der Waals surface area contributed by atoms with Gasteiger partial charge in [-0.25, -0.2) is 28.7 Å². The Balaban J connectivity index is 0.000000149. The summed E-state index contributed by atoms with van der Waals surface area (Å²) >= 11 is 2.87. The topological polar surface area (TPSA) is 116 Å². The number of carboxylic acids is 1. The third-order valence-electron chi connectivity index (χ3n) is 14.8. The number of carbonyl (C=O) groups is 1. The maximum atomic E-state index is 15.2. The molecule has 6 heterocycles. The van der Waals surface area contributed by atoms with Crippen molar-refractivity contribution in [2.24, 2.45) is 11.8 Å². The van der Waals surface area contributed by atoms with E-state index in [1.54, 1.807) is 18.2 Å². The lowest BCUT2D eigenvalue weighted by Gasteiger charge is -2.42. The first-order valence-electron chi connectivity index (χ1n) is 23.2. The number of aliphatic carboxylic acids is 1. The molecule has 2 saturated carbocycles. The molecule has 8 aromatic rings. The third-order valence-corrected chi connectivity index (χ3v) is 16.8. The van der Waals surface area contributed by atoms with Crippen LogP contribution < -0.4 is 0 Å². The van der Waals surface area contributed by atoms with E-state index in [1.165, 1.54) is 33.8 Å². The van der Waals surface area contributed by atoms with E-state index in [2.05, 4.69) is 89.0 Å². The maximum Gasteiger partial charge on any atom is 0.309 e. The van der Waals surface area contributed by atoms with Crippen LogP contribution in [0.3, 0.4) is 0 Å². The van der Waals surface area contributed by atoms with E-state index in [1.807, 2.05) is 49.4 Å². The molecular formula is C55H50F2N6O3S2. The Morgan fingerprint density at radius 3 is 1.38 bits per heavy atom. The minimum Gasteiger partial charge on any atom is -0.513 e. The molecule has 0 amide bonds. The molecule has 13 heteroatoms. The molecule has 2 saturated heterocycles. The smallest absolute Gasteiger partial charge is 0.309 e. The van der Waals surface area contributed by atoms with Crippen LogP contribution in [0.1, 0.15) is 85.3 Å². The number of carboxylic acid groups (broad SMARTS) is 1. The van der Waals surface area contributed by atoms with Gasteiger partial charge in [0.25, 0.3) is 0 Å². The first kappa shape index (κ1) is 44.3. The molecule has 0 bridgehead atoms. The second kappa shape index (κ2) is 17.4. The van der Waals surface area contributed by atoms with Crippen LogP contribution in [0.5, 0.6) is 0 Å². The number of halogens is 2. The van der Waals surface area contributed by atoms with E-state index in [-0.39, 0.29) is 52.1 Å². The molecule has 0 spiro atoms. The summed E-state index contributed by atoms with van der Waals surface area (Å²) in [5.41, 5.74) is 9.04.